The van der Waals surface area contributed by atoms with E-state index >= 15 is 0 Å². The molecule has 0 aliphatic carbocycles. The van der Waals surface area contributed by atoms with Crippen molar-refractivity contribution in [2.24, 2.45) is 0 Å². The van der Waals surface area contributed by atoms with Gasteiger partial charge in [0, 0.05) is 14.1 Å². The predicted octanol–water partition coefficient (Wildman–Crippen LogP) is 2.06. The number of carbonyl (C=O) groups excluding carboxylic acids is 2. The smallest absolute Gasteiger partial charge is 0.261 e. The Morgan fingerprint density at radius 3 is 1.95 bits per heavy atom. The quantitative estimate of drug-likeness (QED) is 0.620. The maximum absolute atomic E-state index is 12.4. The van der Waals surface area contributed by atoms with Crippen LogP contribution in [0.15, 0.2) is 29.8 Å². The zero-order valence-corrected chi connectivity index (χ0v) is 13.5. The molecule has 1 saturated heterocycles. The van der Waals surface area contributed by atoms with E-state index in [0.29, 0.717) is 5.92 Å². The molecule has 5 nitrogen and oxygen atoms in total. The van der Waals surface area contributed by atoms with Gasteiger partial charge in [-0.05, 0) is 23.1 Å². The molecule has 1 aliphatic heterocycles. The Bertz CT molecular complexity index is 566. The molecule has 0 spiro atoms. The Morgan fingerprint density at radius 2 is 1.50 bits per heavy atom. The number of likely N-dealkylation sites (N-methyl/N-ethyl adjacent to an activating group) is 2. The molecule has 0 aromatic heterocycles. The second kappa shape index (κ2) is 6.75. The highest BCUT2D eigenvalue weighted by Gasteiger charge is 2.27. The number of hydrogen-bond donors (Lipinski definition) is 0. The molecule has 0 N–H and O–H groups in total. The van der Waals surface area contributed by atoms with Gasteiger partial charge in [0.05, 0.1) is 0 Å². The van der Waals surface area contributed by atoms with Gasteiger partial charge in [-0.25, -0.2) is 0 Å². The van der Waals surface area contributed by atoms with E-state index in [2.05, 4.69) is 13.8 Å². The third kappa shape index (κ3) is 3.54. The van der Waals surface area contributed by atoms with Crippen molar-refractivity contribution in [3.8, 4) is 0 Å². The molecule has 0 atom stereocenters. The van der Waals surface area contributed by atoms with E-state index in [9.17, 15) is 9.59 Å². The molecule has 2 rings (SSSR count). The zero-order chi connectivity index (χ0) is 16.3. The Morgan fingerprint density at radius 1 is 1.00 bits per heavy atom. The molecule has 118 valence electrons. The second-order valence-corrected chi connectivity index (χ2v) is 5.85. The van der Waals surface area contributed by atoms with Crippen LogP contribution in [-0.2, 0) is 14.3 Å². The Labute approximate surface area is 131 Å². The summed E-state index contributed by atoms with van der Waals surface area (Å²) in [5.74, 6) is -0.213. The van der Waals surface area contributed by atoms with Crippen LogP contribution in [-0.4, -0.2) is 49.2 Å². The number of carbonyl (C=O) groups is 2. The van der Waals surface area contributed by atoms with Crippen LogP contribution in [0.2, 0.25) is 0 Å². The number of hydrogen-bond acceptors (Lipinski definition) is 3. The molecular weight excluding hydrogens is 280 g/mol. The van der Waals surface area contributed by atoms with E-state index in [1.54, 1.807) is 20.2 Å². The number of ether oxygens (including phenoxy) is 1. The highest BCUT2D eigenvalue weighted by atomic mass is 16.5. The van der Waals surface area contributed by atoms with E-state index in [-0.39, 0.29) is 30.8 Å². The van der Waals surface area contributed by atoms with Crippen LogP contribution in [0.1, 0.15) is 30.9 Å². The fraction of sp³-hybridized carbons (Fsp3) is 0.412. The van der Waals surface area contributed by atoms with Crippen molar-refractivity contribution in [1.82, 2.24) is 9.80 Å². The van der Waals surface area contributed by atoms with Crippen LogP contribution in [0.3, 0.4) is 0 Å². The first-order chi connectivity index (χ1) is 10.4. The minimum absolute atomic E-state index is 0.158. The van der Waals surface area contributed by atoms with Gasteiger partial charge < -0.3 is 14.5 Å². The second-order valence-electron chi connectivity index (χ2n) is 5.85. The van der Waals surface area contributed by atoms with Gasteiger partial charge in [0.15, 0.2) is 0 Å². The van der Waals surface area contributed by atoms with Crippen molar-refractivity contribution in [2.45, 2.75) is 19.8 Å². The monoisotopic (exact) mass is 302 g/mol. The molecule has 0 saturated carbocycles. The first-order valence-corrected chi connectivity index (χ1v) is 7.30. The minimum Gasteiger partial charge on any atom is -0.341 e. The molecule has 0 bridgehead atoms. The van der Waals surface area contributed by atoms with Crippen molar-refractivity contribution in [1.29, 1.82) is 0 Å². The van der Waals surface area contributed by atoms with Crippen LogP contribution >= 0.6 is 0 Å². The molecule has 22 heavy (non-hydrogen) atoms. The summed E-state index contributed by atoms with van der Waals surface area (Å²) in [6.45, 7) is 4.58. The van der Waals surface area contributed by atoms with Gasteiger partial charge in [-0.3, -0.25) is 9.59 Å². The highest BCUT2D eigenvalue weighted by Crippen LogP contribution is 2.18. The molecule has 2 amide bonds. The summed E-state index contributed by atoms with van der Waals surface area (Å²) in [5, 5.41) is 0. The Balaban J connectivity index is 2.35. The van der Waals surface area contributed by atoms with Crippen molar-refractivity contribution in [3.63, 3.8) is 0 Å². The average molecular weight is 302 g/mol. The van der Waals surface area contributed by atoms with Gasteiger partial charge in [-0.2, -0.15) is 0 Å². The lowest BCUT2D eigenvalue weighted by molar-refractivity contribution is -0.145. The topological polar surface area (TPSA) is 49.9 Å². The molecule has 1 fully saturated rings. The molecular formula is C17H22N2O3. The van der Waals surface area contributed by atoms with Gasteiger partial charge in [-0.15, -0.1) is 0 Å². The molecule has 1 heterocycles. The third-order valence-corrected chi connectivity index (χ3v) is 3.64. The first-order valence-electron chi connectivity index (χ1n) is 7.30. The van der Waals surface area contributed by atoms with Crippen LogP contribution in [0, 0.1) is 0 Å². The van der Waals surface area contributed by atoms with Crippen LogP contribution in [0.25, 0.3) is 6.08 Å². The first kappa shape index (κ1) is 16.2. The van der Waals surface area contributed by atoms with E-state index in [0.717, 1.165) is 5.56 Å². The summed E-state index contributed by atoms with van der Waals surface area (Å²) in [6.07, 6.45) is 1.65. The summed E-state index contributed by atoms with van der Waals surface area (Å²) in [4.78, 5) is 27.5. The van der Waals surface area contributed by atoms with Gasteiger partial charge >= 0.3 is 0 Å². The standard InChI is InChI=1S/C17H22N2O3/c1-12(2)14-7-5-13(6-8-14)9-15-16(20)18(3)10-22-11-19(4)17(15)21/h5-9,12H,10-11H2,1-4H3. The molecule has 0 unspecified atom stereocenters. The third-order valence-electron chi connectivity index (χ3n) is 3.64. The Hall–Kier alpha value is -2.14. The SMILES string of the molecule is CC(C)c1ccc(C=C2C(=O)N(C)COCN(C)C2=O)cc1. The average Bonchev–Trinajstić information content (AvgIpc) is 2.50. The van der Waals surface area contributed by atoms with Gasteiger partial charge in [0.25, 0.3) is 11.8 Å². The molecule has 1 aromatic rings. The van der Waals surface area contributed by atoms with E-state index in [4.69, 9.17) is 4.74 Å². The van der Waals surface area contributed by atoms with Crippen molar-refractivity contribution >= 4 is 17.9 Å². The summed E-state index contributed by atoms with van der Waals surface area (Å²) in [5.41, 5.74) is 2.22. The maximum Gasteiger partial charge on any atom is 0.261 e. The van der Waals surface area contributed by atoms with Crippen LogP contribution in [0.4, 0.5) is 0 Å². The van der Waals surface area contributed by atoms with E-state index < -0.39 is 0 Å². The summed E-state index contributed by atoms with van der Waals surface area (Å²) in [6, 6.07) is 7.90. The lowest BCUT2D eigenvalue weighted by atomic mass is 10.0. The molecule has 1 aromatic carbocycles. The maximum atomic E-state index is 12.4. The summed E-state index contributed by atoms with van der Waals surface area (Å²) >= 11 is 0. The fourth-order valence-electron chi connectivity index (χ4n) is 2.20. The van der Waals surface area contributed by atoms with Crippen molar-refractivity contribution in [2.75, 3.05) is 27.6 Å². The largest absolute Gasteiger partial charge is 0.341 e. The fourth-order valence-corrected chi connectivity index (χ4v) is 2.20. The number of benzene rings is 1. The summed E-state index contributed by atoms with van der Waals surface area (Å²) < 4.78 is 5.26. The van der Waals surface area contributed by atoms with E-state index in [1.807, 2.05) is 24.3 Å². The summed E-state index contributed by atoms with van der Waals surface area (Å²) in [7, 11) is 3.24. The normalized spacial score (nSPS) is 16.9. The lowest BCUT2D eigenvalue weighted by Crippen LogP contribution is -2.42. The zero-order valence-electron chi connectivity index (χ0n) is 13.5. The van der Waals surface area contributed by atoms with Gasteiger partial charge in [0.1, 0.15) is 19.0 Å². The van der Waals surface area contributed by atoms with E-state index in [1.165, 1.54) is 15.4 Å². The number of amides is 2. The highest BCUT2D eigenvalue weighted by molar-refractivity contribution is 6.21. The van der Waals surface area contributed by atoms with Gasteiger partial charge in [-0.1, -0.05) is 38.1 Å². The lowest BCUT2D eigenvalue weighted by Gasteiger charge is -2.27. The number of rotatable bonds is 2. The Kier molecular flexibility index (Phi) is 4.98. The van der Waals surface area contributed by atoms with Crippen LogP contribution in [0.5, 0.6) is 0 Å². The van der Waals surface area contributed by atoms with Crippen molar-refractivity contribution < 1.29 is 14.3 Å². The molecule has 0 radical (unpaired) electrons. The van der Waals surface area contributed by atoms with Gasteiger partial charge in [0.2, 0.25) is 0 Å². The minimum atomic E-state index is -0.329. The molecule has 5 heteroatoms. The number of nitrogens with zero attached hydrogens (tertiary/aromatic N) is 2. The predicted molar refractivity (Wildman–Crippen MR) is 84.9 cm³/mol. The van der Waals surface area contributed by atoms with Crippen LogP contribution < -0.4 is 0 Å². The molecule has 1 aliphatic rings. The van der Waals surface area contributed by atoms with Crippen molar-refractivity contribution in [3.05, 3.63) is 41.0 Å².